The number of benzene rings is 1. The highest BCUT2D eigenvalue weighted by molar-refractivity contribution is 7.71. The first-order valence-corrected chi connectivity index (χ1v) is 6.91. The molecule has 2 rings (SSSR count). The number of aromatic nitrogens is 3. The van der Waals surface area contributed by atoms with Crippen molar-refractivity contribution >= 4 is 24.0 Å². The average Bonchev–Trinajstić information content (AvgIpc) is 2.66. The van der Waals surface area contributed by atoms with Crippen molar-refractivity contribution < 1.29 is 9.53 Å². The number of aromatic amines is 1. The lowest BCUT2D eigenvalue weighted by Crippen LogP contribution is -2.27. The van der Waals surface area contributed by atoms with E-state index in [9.17, 15) is 4.79 Å². The average molecular weight is 306 g/mol. The lowest BCUT2D eigenvalue weighted by Gasteiger charge is -2.19. The number of nitrogens with zero attached hydrogens (tertiary/aromatic N) is 2. The number of carbonyl (C=O) groups is 1. The minimum atomic E-state index is -0.536. The van der Waals surface area contributed by atoms with Crippen LogP contribution in [0.1, 0.15) is 26.6 Å². The van der Waals surface area contributed by atoms with Gasteiger partial charge < -0.3 is 4.74 Å². The fraction of sp³-hybridized carbons (Fsp3) is 0.357. The van der Waals surface area contributed by atoms with E-state index in [1.165, 1.54) is 0 Å². The highest BCUT2D eigenvalue weighted by Crippen LogP contribution is 2.17. The maximum Gasteiger partial charge on any atom is 0.412 e. The van der Waals surface area contributed by atoms with Gasteiger partial charge in [-0.25, -0.2) is 4.79 Å². The van der Waals surface area contributed by atoms with Gasteiger partial charge in [-0.3, -0.25) is 15.0 Å². The van der Waals surface area contributed by atoms with Gasteiger partial charge in [-0.05, 0) is 58.1 Å². The van der Waals surface area contributed by atoms with Crippen LogP contribution in [0.4, 0.5) is 10.5 Å². The smallest absolute Gasteiger partial charge is 0.412 e. The molecule has 0 bridgehead atoms. The van der Waals surface area contributed by atoms with Crippen molar-refractivity contribution in [1.29, 1.82) is 0 Å². The molecule has 112 valence electrons. The first kappa shape index (κ1) is 15.2. The maximum absolute atomic E-state index is 11.8. The van der Waals surface area contributed by atoms with E-state index < -0.39 is 11.7 Å². The molecule has 0 saturated carbocycles. The predicted molar refractivity (Wildman–Crippen MR) is 83.3 cm³/mol. The molecule has 0 saturated heterocycles. The van der Waals surface area contributed by atoms with Crippen LogP contribution in [0.5, 0.6) is 0 Å². The topological polar surface area (TPSA) is 71.9 Å². The van der Waals surface area contributed by atoms with Crippen molar-refractivity contribution in [3.8, 4) is 5.69 Å². The molecule has 0 unspecified atom stereocenters. The Hall–Kier alpha value is -2.15. The molecule has 7 heteroatoms. The Kier molecular flexibility index (Phi) is 4.13. The van der Waals surface area contributed by atoms with Crippen LogP contribution in [-0.2, 0) is 4.74 Å². The number of H-pyrrole nitrogens is 1. The van der Waals surface area contributed by atoms with Gasteiger partial charge in [0.15, 0.2) is 4.77 Å². The molecular formula is C14H18N4O2S. The maximum atomic E-state index is 11.8. The highest BCUT2D eigenvalue weighted by atomic mass is 32.1. The number of hydrogen-bond acceptors (Lipinski definition) is 4. The first-order valence-electron chi connectivity index (χ1n) is 6.51. The molecule has 0 fully saturated rings. The first-order chi connectivity index (χ1) is 9.76. The van der Waals surface area contributed by atoms with Gasteiger partial charge in [-0.15, -0.1) is 0 Å². The van der Waals surface area contributed by atoms with Gasteiger partial charge in [-0.2, -0.15) is 5.10 Å². The van der Waals surface area contributed by atoms with Crippen LogP contribution in [0.15, 0.2) is 24.3 Å². The van der Waals surface area contributed by atoms with Gasteiger partial charge in [0.1, 0.15) is 11.4 Å². The van der Waals surface area contributed by atoms with Crippen molar-refractivity contribution in [1.82, 2.24) is 14.8 Å². The monoisotopic (exact) mass is 306 g/mol. The number of amides is 1. The van der Waals surface area contributed by atoms with E-state index in [-0.39, 0.29) is 0 Å². The second kappa shape index (κ2) is 5.69. The van der Waals surface area contributed by atoms with Crippen LogP contribution in [0.2, 0.25) is 0 Å². The van der Waals surface area contributed by atoms with E-state index in [2.05, 4.69) is 15.5 Å². The van der Waals surface area contributed by atoms with E-state index in [1.54, 1.807) is 10.6 Å². The molecular weight excluding hydrogens is 288 g/mol. The van der Waals surface area contributed by atoms with Gasteiger partial charge in [0.2, 0.25) is 0 Å². The van der Waals surface area contributed by atoms with Crippen LogP contribution < -0.4 is 5.32 Å². The summed E-state index contributed by atoms with van der Waals surface area (Å²) in [6.45, 7) is 7.30. The molecule has 6 nitrogen and oxygen atoms in total. The van der Waals surface area contributed by atoms with Gasteiger partial charge in [0.25, 0.3) is 0 Å². The lowest BCUT2D eigenvalue weighted by molar-refractivity contribution is 0.0636. The van der Waals surface area contributed by atoms with Gasteiger partial charge in [-0.1, -0.05) is 6.07 Å². The zero-order chi connectivity index (χ0) is 15.6. The Morgan fingerprint density at radius 2 is 2.14 bits per heavy atom. The van der Waals surface area contributed by atoms with Gasteiger partial charge >= 0.3 is 6.09 Å². The normalized spacial score (nSPS) is 11.2. The third kappa shape index (κ3) is 3.91. The summed E-state index contributed by atoms with van der Waals surface area (Å²) < 4.78 is 7.51. The highest BCUT2D eigenvalue weighted by Gasteiger charge is 2.16. The molecule has 1 amide bonds. The standard InChI is InChI=1S/C14H18N4O2S/c1-9-16-17-12(21)18(9)11-7-5-6-10(8-11)15-13(19)20-14(2,3)4/h5-8H,1-4H3,(H,15,19)(H,17,21). The van der Waals surface area contributed by atoms with Crippen molar-refractivity contribution in [3.05, 3.63) is 34.9 Å². The number of aryl methyl sites for hydroxylation is 1. The summed E-state index contributed by atoms with van der Waals surface area (Å²) >= 11 is 5.19. The van der Waals surface area contributed by atoms with Crippen molar-refractivity contribution in [2.75, 3.05) is 5.32 Å². The molecule has 0 spiro atoms. The third-order valence-electron chi connectivity index (χ3n) is 2.59. The minimum absolute atomic E-state index is 0.493. The number of rotatable bonds is 2. The van der Waals surface area contributed by atoms with E-state index >= 15 is 0 Å². The van der Waals surface area contributed by atoms with Gasteiger partial charge in [0.05, 0.1) is 5.69 Å². The molecule has 21 heavy (non-hydrogen) atoms. The predicted octanol–water partition coefficient (Wildman–Crippen LogP) is 3.59. The van der Waals surface area contributed by atoms with Crippen LogP contribution in [0.3, 0.4) is 0 Å². The SMILES string of the molecule is Cc1n[nH]c(=S)n1-c1cccc(NC(=O)OC(C)(C)C)c1. The van der Waals surface area contributed by atoms with Crippen LogP contribution in [0.25, 0.3) is 5.69 Å². The Morgan fingerprint density at radius 1 is 1.43 bits per heavy atom. The molecule has 2 aromatic rings. The van der Waals surface area contributed by atoms with Crippen molar-refractivity contribution in [2.45, 2.75) is 33.3 Å². The molecule has 0 atom stereocenters. The van der Waals surface area contributed by atoms with E-state index in [0.717, 1.165) is 11.5 Å². The van der Waals surface area contributed by atoms with Gasteiger partial charge in [0, 0.05) is 5.69 Å². The second-order valence-electron chi connectivity index (χ2n) is 5.59. The summed E-state index contributed by atoms with van der Waals surface area (Å²) in [5.41, 5.74) is 0.912. The molecule has 1 heterocycles. The quantitative estimate of drug-likeness (QED) is 0.832. The Morgan fingerprint density at radius 3 is 2.71 bits per heavy atom. The Labute approximate surface area is 128 Å². The number of carbonyl (C=O) groups excluding carboxylic acids is 1. The summed E-state index contributed by atoms with van der Waals surface area (Å²) in [5, 5.41) is 9.50. The Balaban J connectivity index is 2.23. The summed E-state index contributed by atoms with van der Waals surface area (Å²) in [6, 6.07) is 7.31. The second-order valence-corrected chi connectivity index (χ2v) is 5.98. The third-order valence-corrected chi connectivity index (χ3v) is 2.86. The van der Waals surface area contributed by atoms with E-state index in [1.807, 2.05) is 45.9 Å². The molecule has 0 aliphatic carbocycles. The van der Waals surface area contributed by atoms with E-state index in [0.29, 0.717) is 10.5 Å². The summed E-state index contributed by atoms with van der Waals surface area (Å²) in [5.74, 6) is 0.745. The minimum Gasteiger partial charge on any atom is -0.444 e. The number of nitrogens with one attached hydrogen (secondary N) is 2. The van der Waals surface area contributed by atoms with Crippen molar-refractivity contribution in [2.24, 2.45) is 0 Å². The van der Waals surface area contributed by atoms with Crippen LogP contribution in [-0.4, -0.2) is 26.5 Å². The molecule has 1 aromatic carbocycles. The number of ether oxygens (including phenoxy) is 1. The van der Waals surface area contributed by atoms with Crippen LogP contribution >= 0.6 is 12.2 Å². The number of hydrogen-bond donors (Lipinski definition) is 2. The molecule has 0 aliphatic rings. The largest absolute Gasteiger partial charge is 0.444 e. The zero-order valence-corrected chi connectivity index (χ0v) is 13.2. The fourth-order valence-corrected chi connectivity index (χ4v) is 2.11. The van der Waals surface area contributed by atoms with Crippen molar-refractivity contribution in [3.63, 3.8) is 0 Å². The van der Waals surface area contributed by atoms with E-state index in [4.69, 9.17) is 17.0 Å². The summed E-state index contributed by atoms with van der Waals surface area (Å²) in [7, 11) is 0. The molecule has 0 radical (unpaired) electrons. The summed E-state index contributed by atoms with van der Waals surface area (Å²) in [4.78, 5) is 11.8. The lowest BCUT2D eigenvalue weighted by atomic mass is 10.2. The molecule has 0 aliphatic heterocycles. The zero-order valence-electron chi connectivity index (χ0n) is 12.4. The summed E-state index contributed by atoms with van der Waals surface area (Å²) in [6.07, 6.45) is -0.493. The molecule has 2 N–H and O–H groups in total. The van der Waals surface area contributed by atoms with Crippen LogP contribution in [0, 0.1) is 11.7 Å². The number of anilines is 1. The molecule has 1 aromatic heterocycles. The fourth-order valence-electron chi connectivity index (χ4n) is 1.82. The Bertz CT molecular complexity index is 712.